The molecule has 4 nitrogen and oxygen atoms in total. The SMILES string of the molecule is CCC(C)CNc1ccn(CCOC)n1. The van der Waals surface area contributed by atoms with E-state index in [-0.39, 0.29) is 0 Å². The smallest absolute Gasteiger partial charge is 0.147 e. The van der Waals surface area contributed by atoms with Crippen molar-refractivity contribution in [3.63, 3.8) is 0 Å². The molecule has 0 amide bonds. The van der Waals surface area contributed by atoms with E-state index in [2.05, 4.69) is 24.3 Å². The van der Waals surface area contributed by atoms with E-state index in [0.29, 0.717) is 12.5 Å². The Labute approximate surface area is 91.6 Å². The van der Waals surface area contributed by atoms with Gasteiger partial charge in [-0.1, -0.05) is 20.3 Å². The Bertz CT molecular complexity index is 273. The van der Waals surface area contributed by atoms with E-state index in [1.165, 1.54) is 6.42 Å². The van der Waals surface area contributed by atoms with Crippen LogP contribution in [0.1, 0.15) is 20.3 Å². The summed E-state index contributed by atoms with van der Waals surface area (Å²) in [6.07, 6.45) is 3.16. The van der Waals surface area contributed by atoms with Crippen molar-refractivity contribution in [3.05, 3.63) is 12.3 Å². The average molecular weight is 211 g/mol. The van der Waals surface area contributed by atoms with Gasteiger partial charge in [-0.15, -0.1) is 0 Å². The first-order valence-electron chi connectivity index (χ1n) is 5.52. The predicted octanol–water partition coefficient (Wildman–Crippen LogP) is 1.99. The molecule has 1 unspecified atom stereocenters. The van der Waals surface area contributed by atoms with E-state index >= 15 is 0 Å². The molecule has 0 spiro atoms. The molecule has 0 aliphatic heterocycles. The fraction of sp³-hybridized carbons (Fsp3) is 0.727. The molecule has 0 fully saturated rings. The second kappa shape index (κ2) is 6.45. The topological polar surface area (TPSA) is 39.1 Å². The van der Waals surface area contributed by atoms with E-state index in [9.17, 15) is 0 Å². The highest BCUT2D eigenvalue weighted by Gasteiger charge is 2.01. The van der Waals surface area contributed by atoms with E-state index in [1.807, 2.05) is 16.9 Å². The van der Waals surface area contributed by atoms with Gasteiger partial charge in [-0.3, -0.25) is 4.68 Å². The number of hydrogen-bond donors (Lipinski definition) is 1. The molecule has 0 saturated heterocycles. The van der Waals surface area contributed by atoms with Gasteiger partial charge in [0.2, 0.25) is 0 Å². The molecule has 1 atom stereocenters. The van der Waals surface area contributed by atoms with Crippen LogP contribution in [0.3, 0.4) is 0 Å². The molecule has 1 aromatic heterocycles. The molecule has 1 rings (SSSR count). The van der Waals surface area contributed by atoms with Crippen LogP contribution < -0.4 is 5.32 Å². The Morgan fingerprint density at radius 2 is 2.40 bits per heavy atom. The number of rotatable bonds is 7. The van der Waals surface area contributed by atoms with Gasteiger partial charge < -0.3 is 10.1 Å². The lowest BCUT2D eigenvalue weighted by atomic mass is 10.1. The van der Waals surface area contributed by atoms with Gasteiger partial charge in [-0.2, -0.15) is 5.10 Å². The number of ether oxygens (including phenoxy) is 1. The molecule has 1 N–H and O–H groups in total. The lowest BCUT2D eigenvalue weighted by Crippen LogP contribution is -2.11. The zero-order chi connectivity index (χ0) is 11.1. The van der Waals surface area contributed by atoms with Crippen LogP contribution in [-0.2, 0) is 11.3 Å². The summed E-state index contributed by atoms with van der Waals surface area (Å²) in [7, 11) is 1.70. The number of methoxy groups -OCH3 is 1. The third-order valence-electron chi connectivity index (χ3n) is 2.49. The lowest BCUT2D eigenvalue weighted by molar-refractivity contribution is 0.183. The largest absolute Gasteiger partial charge is 0.383 e. The third kappa shape index (κ3) is 4.34. The number of nitrogens with zero attached hydrogens (tertiary/aromatic N) is 2. The van der Waals surface area contributed by atoms with Gasteiger partial charge in [0, 0.05) is 25.9 Å². The van der Waals surface area contributed by atoms with Gasteiger partial charge >= 0.3 is 0 Å². The number of aromatic nitrogens is 2. The maximum absolute atomic E-state index is 4.99. The molecule has 15 heavy (non-hydrogen) atoms. The number of nitrogens with one attached hydrogen (secondary N) is 1. The van der Waals surface area contributed by atoms with Gasteiger partial charge in [0.25, 0.3) is 0 Å². The molecule has 1 aromatic rings. The van der Waals surface area contributed by atoms with Crippen LogP contribution in [0.2, 0.25) is 0 Å². The van der Waals surface area contributed by atoms with E-state index in [4.69, 9.17) is 4.74 Å². The maximum atomic E-state index is 4.99. The molecule has 86 valence electrons. The van der Waals surface area contributed by atoms with Crippen molar-refractivity contribution in [2.24, 2.45) is 5.92 Å². The summed E-state index contributed by atoms with van der Waals surface area (Å²) >= 11 is 0. The second-order valence-electron chi connectivity index (χ2n) is 3.85. The van der Waals surface area contributed by atoms with Crippen LogP contribution in [0, 0.1) is 5.92 Å². The summed E-state index contributed by atoms with van der Waals surface area (Å²) in [5, 5.41) is 7.70. The van der Waals surface area contributed by atoms with Crippen molar-refractivity contribution in [1.82, 2.24) is 9.78 Å². The van der Waals surface area contributed by atoms with E-state index in [0.717, 1.165) is 18.9 Å². The van der Waals surface area contributed by atoms with Gasteiger partial charge in [-0.25, -0.2) is 0 Å². The first-order chi connectivity index (χ1) is 7.26. The lowest BCUT2D eigenvalue weighted by Gasteiger charge is -2.08. The summed E-state index contributed by atoms with van der Waals surface area (Å²) in [5.74, 6) is 1.64. The average Bonchev–Trinajstić information content (AvgIpc) is 2.71. The molecule has 4 heteroatoms. The summed E-state index contributed by atoms with van der Waals surface area (Å²) < 4.78 is 6.88. The fourth-order valence-electron chi connectivity index (χ4n) is 1.19. The van der Waals surface area contributed by atoms with Crippen molar-refractivity contribution in [1.29, 1.82) is 0 Å². The summed E-state index contributed by atoms with van der Waals surface area (Å²) in [6.45, 7) is 6.92. The highest BCUT2D eigenvalue weighted by Crippen LogP contribution is 2.05. The molecule has 0 aliphatic carbocycles. The number of hydrogen-bond acceptors (Lipinski definition) is 3. The van der Waals surface area contributed by atoms with Gasteiger partial charge in [-0.05, 0) is 5.92 Å². The minimum atomic E-state index is 0.689. The molecule has 0 bridgehead atoms. The predicted molar refractivity (Wildman–Crippen MR) is 62.0 cm³/mol. The monoisotopic (exact) mass is 211 g/mol. The van der Waals surface area contributed by atoms with E-state index in [1.54, 1.807) is 7.11 Å². The van der Waals surface area contributed by atoms with Gasteiger partial charge in [0.05, 0.1) is 13.2 Å². The molecule has 1 heterocycles. The Kier molecular flexibility index (Phi) is 5.18. The first-order valence-corrected chi connectivity index (χ1v) is 5.52. The van der Waals surface area contributed by atoms with Crippen LogP contribution in [0.25, 0.3) is 0 Å². The maximum Gasteiger partial charge on any atom is 0.147 e. The molecule has 0 radical (unpaired) electrons. The van der Waals surface area contributed by atoms with Crippen LogP contribution in [0.5, 0.6) is 0 Å². The second-order valence-corrected chi connectivity index (χ2v) is 3.85. The Hall–Kier alpha value is -1.03. The molecule has 0 aromatic carbocycles. The minimum Gasteiger partial charge on any atom is -0.383 e. The third-order valence-corrected chi connectivity index (χ3v) is 2.49. The highest BCUT2D eigenvalue weighted by molar-refractivity contribution is 5.31. The Morgan fingerprint density at radius 1 is 1.60 bits per heavy atom. The molecule has 0 saturated carbocycles. The van der Waals surface area contributed by atoms with Gasteiger partial charge in [0.1, 0.15) is 5.82 Å². The standard InChI is InChI=1S/C11H21N3O/c1-4-10(2)9-12-11-5-6-14(13-11)7-8-15-3/h5-6,10H,4,7-9H2,1-3H3,(H,12,13). The highest BCUT2D eigenvalue weighted by atomic mass is 16.5. The number of anilines is 1. The van der Waals surface area contributed by atoms with Gasteiger partial charge in [0.15, 0.2) is 0 Å². The summed E-state index contributed by atoms with van der Waals surface area (Å²) in [6, 6.07) is 2.00. The van der Waals surface area contributed by atoms with Crippen molar-refractivity contribution in [2.75, 3.05) is 25.6 Å². The van der Waals surface area contributed by atoms with Crippen molar-refractivity contribution < 1.29 is 4.74 Å². The molecular formula is C11H21N3O. The zero-order valence-electron chi connectivity index (χ0n) is 9.86. The minimum absolute atomic E-state index is 0.689. The van der Waals surface area contributed by atoms with Crippen molar-refractivity contribution >= 4 is 5.82 Å². The summed E-state index contributed by atoms with van der Waals surface area (Å²) in [5.41, 5.74) is 0. The van der Waals surface area contributed by atoms with Crippen LogP contribution in [0.15, 0.2) is 12.3 Å². The van der Waals surface area contributed by atoms with E-state index < -0.39 is 0 Å². The van der Waals surface area contributed by atoms with Crippen molar-refractivity contribution in [3.8, 4) is 0 Å². The molecule has 0 aliphatic rings. The normalized spacial score (nSPS) is 12.7. The zero-order valence-corrected chi connectivity index (χ0v) is 9.86. The van der Waals surface area contributed by atoms with Crippen LogP contribution in [-0.4, -0.2) is 30.0 Å². The quantitative estimate of drug-likeness (QED) is 0.749. The first kappa shape index (κ1) is 12.0. The fourth-order valence-corrected chi connectivity index (χ4v) is 1.19. The Morgan fingerprint density at radius 3 is 3.07 bits per heavy atom. The Balaban J connectivity index is 2.32. The van der Waals surface area contributed by atoms with Crippen LogP contribution in [0.4, 0.5) is 5.82 Å². The van der Waals surface area contributed by atoms with Crippen molar-refractivity contribution in [2.45, 2.75) is 26.8 Å². The summed E-state index contributed by atoms with van der Waals surface area (Å²) in [4.78, 5) is 0. The molecular weight excluding hydrogens is 190 g/mol. The van der Waals surface area contributed by atoms with Crippen LogP contribution >= 0.6 is 0 Å².